The van der Waals surface area contributed by atoms with Crippen molar-refractivity contribution in [1.82, 2.24) is 0 Å². The van der Waals surface area contributed by atoms with Gasteiger partial charge in [0.15, 0.2) is 6.29 Å². The Labute approximate surface area is 61.9 Å². The summed E-state index contributed by atoms with van der Waals surface area (Å²) >= 11 is 0. The Balaban J connectivity index is 0.000000371. The first-order valence-electron chi connectivity index (χ1n) is 3.85. The molecule has 1 heterocycles. The first kappa shape index (κ1) is 9.88. The molecule has 0 aliphatic carbocycles. The minimum atomic E-state index is -0.358. The van der Waals surface area contributed by atoms with Crippen LogP contribution in [0.4, 0.5) is 0 Å². The summed E-state index contributed by atoms with van der Waals surface area (Å²) in [7, 11) is 0. The Morgan fingerprint density at radius 1 is 1.40 bits per heavy atom. The van der Waals surface area contributed by atoms with E-state index in [9.17, 15) is 0 Å². The smallest absolute Gasteiger partial charge is 0.190 e. The fraction of sp³-hybridized carbons (Fsp3) is 1.00. The Hall–Kier alpha value is -0.120. The molecular formula is C7H16O3. The molecule has 0 radical (unpaired) electrons. The maximum absolute atomic E-state index is 8.07. The zero-order valence-corrected chi connectivity index (χ0v) is 6.67. The zero-order valence-electron chi connectivity index (χ0n) is 6.67. The minimum Gasteiger partial charge on any atom is -0.350 e. The van der Waals surface area contributed by atoms with E-state index in [1.54, 1.807) is 0 Å². The summed E-state index contributed by atoms with van der Waals surface area (Å²) in [4.78, 5) is 3.97. The highest BCUT2D eigenvalue weighted by Gasteiger charge is 2.12. The number of hydrogen-bond donors (Lipinski definition) is 1. The normalized spacial score (nSPS) is 24.9. The van der Waals surface area contributed by atoms with E-state index in [1.165, 1.54) is 0 Å². The van der Waals surface area contributed by atoms with Gasteiger partial charge in [-0.1, -0.05) is 13.8 Å². The third kappa shape index (κ3) is 3.82. The predicted octanol–water partition coefficient (Wildman–Crippen LogP) is 2.03. The van der Waals surface area contributed by atoms with Gasteiger partial charge in [-0.2, -0.15) is 0 Å². The zero-order chi connectivity index (χ0) is 7.82. The van der Waals surface area contributed by atoms with Gasteiger partial charge in [-0.25, -0.2) is 10.1 Å². The molecule has 62 valence electrons. The lowest BCUT2D eigenvalue weighted by Gasteiger charge is -2.18. The average molecular weight is 148 g/mol. The molecule has 0 spiro atoms. The van der Waals surface area contributed by atoms with Gasteiger partial charge in [-0.05, 0) is 12.8 Å². The van der Waals surface area contributed by atoms with Gasteiger partial charge in [0.1, 0.15) is 0 Å². The fourth-order valence-corrected chi connectivity index (χ4v) is 0.794. The highest BCUT2D eigenvalue weighted by Crippen LogP contribution is 2.11. The summed E-state index contributed by atoms with van der Waals surface area (Å²) in [6.07, 6.45) is 2.63. The molecule has 0 amide bonds. The van der Waals surface area contributed by atoms with Gasteiger partial charge in [0.2, 0.25) is 0 Å². The summed E-state index contributed by atoms with van der Waals surface area (Å²) in [6.45, 7) is 4.71. The first-order valence-corrected chi connectivity index (χ1v) is 3.85. The van der Waals surface area contributed by atoms with Gasteiger partial charge in [0.05, 0.1) is 0 Å². The molecule has 0 aromatic heterocycles. The van der Waals surface area contributed by atoms with Crippen LogP contribution in [-0.4, -0.2) is 18.2 Å². The van der Waals surface area contributed by atoms with Crippen molar-refractivity contribution < 1.29 is 14.9 Å². The van der Waals surface area contributed by atoms with Crippen LogP contribution < -0.4 is 0 Å². The highest BCUT2D eigenvalue weighted by molar-refractivity contribution is 4.51. The molecule has 0 saturated carbocycles. The summed E-state index contributed by atoms with van der Waals surface area (Å²) in [5, 5.41) is 8.07. The third-order valence-corrected chi connectivity index (χ3v) is 1.26. The summed E-state index contributed by atoms with van der Waals surface area (Å²) in [5.41, 5.74) is 0. The topological polar surface area (TPSA) is 38.7 Å². The van der Waals surface area contributed by atoms with Crippen LogP contribution in [-0.2, 0) is 9.62 Å². The molecule has 1 atom stereocenters. The van der Waals surface area contributed by atoms with Gasteiger partial charge in [-0.3, -0.25) is 0 Å². The van der Waals surface area contributed by atoms with E-state index in [0.29, 0.717) is 6.61 Å². The van der Waals surface area contributed by atoms with Crippen LogP contribution in [0.3, 0.4) is 0 Å². The van der Waals surface area contributed by atoms with E-state index in [4.69, 9.17) is 9.99 Å². The Bertz CT molecular complexity index is 59.9. The molecule has 3 nitrogen and oxygen atoms in total. The lowest BCUT2D eigenvalue weighted by molar-refractivity contribution is -0.352. The molecule has 0 aromatic rings. The van der Waals surface area contributed by atoms with Crippen LogP contribution in [0, 0.1) is 0 Å². The lowest BCUT2D eigenvalue weighted by atomic mass is 10.2. The van der Waals surface area contributed by atoms with E-state index in [0.717, 1.165) is 19.3 Å². The van der Waals surface area contributed by atoms with E-state index in [2.05, 4.69) is 4.89 Å². The van der Waals surface area contributed by atoms with Crippen LogP contribution in [0.5, 0.6) is 0 Å². The Kier molecular flexibility index (Phi) is 6.91. The standard InChI is InChI=1S/C5H10O3.C2H6/c6-8-5-3-1-2-4-7-5;1-2/h5-6H,1-4H2;1-2H3. The lowest BCUT2D eigenvalue weighted by Crippen LogP contribution is -2.20. The van der Waals surface area contributed by atoms with Crippen molar-refractivity contribution in [2.45, 2.75) is 39.4 Å². The Morgan fingerprint density at radius 3 is 2.40 bits per heavy atom. The van der Waals surface area contributed by atoms with E-state index >= 15 is 0 Å². The molecule has 1 N–H and O–H groups in total. The highest BCUT2D eigenvalue weighted by atomic mass is 17.1. The van der Waals surface area contributed by atoms with Gasteiger partial charge in [0.25, 0.3) is 0 Å². The summed E-state index contributed by atoms with van der Waals surface area (Å²) in [5.74, 6) is 0. The summed E-state index contributed by atoms with van der Waals surface area (Å²) in [6, 6.07) is 0. The SMILES string of the molecule is CC.OOC1CCCCO1. The quantitative estimate of drug-likeness (QED) is 0.456. The first-order chi connectivity index (χ1) is 4.93. The molecule has 0 bridgehead atoms. The third-order valence-electron chi connectivity index (χ3n) is 1.26. The second-order valence-corrected chi connectivity index (χ2v) is 1.90. The van der Waals surface area contributed by atoms with Crippen LogP contribution >= 0.6 is 0 Å². The number of hydrogen-bond acceptors (Lipinski definition) is 3. The van der Waals surface area contributed by atoms with E-state index in [-0.39, 0.29) is 6.29 Å². The molecule has 3 heteroatoms. The van der Waals surface area contributed by atoms with Crippen molar-refractivity contribution in [2.24, 2.45) is 0 Å². The van der Waals surface area contributed by atoms with Crippen molar-refractivity contribution in [3.05, 3.63) is 0 Å². The van der Waals surface area contributed by atoms with Crippen LogP contribution in [0.25, 0.3) is 0 Å². The van der Waals surface area contributed by atoms with Crippen molar-refractivity contribution in [1.29, 1.82) is 0 Å². The molecular weight excluding hydrogens is 132 g/mol. The Morgan fingerprint density at radius 2 is 2.10 bits per heavy atom. The molecule has 1 fully saturated rings. The second kappa shape index (κ2) is 6.99. The second-order valence-electron chi connectivity index (χ2n) is 1.90. The molecule has 1 aliphatic heterocycles. The number of rotatable bonds is 1. The van der Waals surface area contributed by atoms with Crippen molar-refractivity contribution in [3.8, 4) is 0 Å². The summed E-state index contributed by atoms with van der Waals surface area (Å²) < 4.78 is 4.95. The van der Waals surface area contributed by atoms with E-state index < -0.39 is 0 Å². The van der Waals surface area contributed by atoms with Crippen LogP contribution in [0.2, 0.25) is 0 Å². The maximum Gasteiger partial charge on any atom is 0.190 e. The van der Waals surface area contributed by atoms with Crippen molar-refractivity contribution >= 4 is 0 Å². The van der Waals surface area contributed by atoms with Gasteiger partial charge in [0, 0.05) is 13.0 Å². The largest absolute Gasteiger partial charge is 0.350 e. The fourth-order valence-electron chi connectivity index (χ4n) is 0.794. The van der Waals surface area contributed by atoms with Gasteiger partial charge in [-0.15, -0.1) is 0 Å². The molecule has 1 rings (SSSR count). The predicted molar refractivity (Wildman–Crippen MR) is 38.7 cm³/mol. The molecule has 1 aliphatic rings. The molecule has 1 unspecified atom stereocenters. The van der Waals surface area contributed by atoms with Crippen LogP contribution in [0.15, 0.2) is 0 Å². The monoisotopic (exact) mass is 148 g/mol. The molecule has 10 heavy (non-hydrogen) atoms. The maximum atomic E-state index is 8.07. The molecule has 0 aromatic carbocycles. The molecule has 1 saturated heterocycles. The van der Waals surface area contributed by atoms with Crippen LogP contribution in [0.1, 0.15) is 33.1 Å². The van der Waals surface area contributed by atoms with Crippen molar-refractivity contribution in [2.75, 3.05) is 6.61 Å². The van der Waals surface area contributed by atoms with Gasteiger partial charge >= 0.3 is 0 Å². The van der Waals surface area contributed by atoms with Gasteiger partial charge < -0.3 is 4.74 Å². The number of ether oxygens (including phenoxy) is 1. The van der Waals surface area contributed by atoms with E-state index in [1.807, 2.05) is 13.8 Å². The minimum absolute atomic E-state index is 0.358. The van der Waals surface area contributed by atoms with Crippen molar-refractivity contribution in [3.63, 3.8) is 0 Å². The average Bonchev–Trinajstić information content (AvgIpc) is 2.10.